The SMILES string of the molecule is CCCCCCC/C=C\C/C=C\CCCCCCCCCCCCCC(=O)NC(COC1OC(CO)C(OC2OC(CO)C(O)C(O)C2O)C(O)C1O)C(O)/C=C/CC/C=C/CCCCCCCCCCCCCCCC. The molecule has 12 unspecified atom stereocenters. The first-order valence-corrected chi connectivity index (χ1v) is 31.4. The number of rotatable bonds is 50. The average molecular weight is 1090 g/mol. The predicted octanol–water partition coefficient (Wildman–Crippen LogP) is 11.2. The van der Waals surface area contributed by atoms with Gasteiger partial charge in [-0.1, -0.05) is 229 Å². The third kappa shape index (κ3) is 34.1. The van der Waals surface area contributed by atoms with Crippen LogP contribution in [0.1, 0.15) is 251 Å². The molecule has 2 rings (SSSR count). The van der Waals surface area contributed by atoms with Crippen molar-refractivity contribution in [3.63, 3.8) is 0 Å². The van der Waals surface area contributed by atoms with Crippen LogP contribution in [0.5, 0.6) is 0 Å². The fraction of sp³-hybridized carbons (Fsp3) is 0.857. The van der Waals surface area contributed by atoms with E-state index in [1.54, 1.807) is 6.08 Å². The van der Waals surface area contributed by atoms with Crippen LogP contribution in [0.2, 0.25) is 0 Å². The van der Waals surface area contributed by atoms with Crippen molar-refractivity contribution in [3.05, 3.63) is 48.6 Å². The Kier molecular flexibility index (Phi) is 44.9. The van der Waals surface area contributed by atoms with Crippen molar-refractivity contribution in [1.82, 2.24) is 5.32 Å². The van der Waals surface area contributed by atoms with Crippen LogP contribution in [0.25, 0.3) is 0 Å². The van der Waals surface area contributed by atoms with Gasteiger partial charge in [0.15, 0.2) is 12.6 Å². The summed E-state index contributed by atoms with van der Waals surface area (Å²) < 4.78 is 22.8. The van der Waals surface area contributed by atoms with E-state index in [0.717, 1.165) is 38.5 Å². The average Bonchev–Trinajstić information content (AvgIpc) is 3.44. The maximum absolute atomic E-state index is 13.3. The summed E-state index contributed by atoms with van der Waals surface area (Å²) in [7, 11) is 0. The number of hydrogen-bond acceptors (Lipinski definition) is 13. The summed E-state index contributed by atoms with van der Waals surface area (Å²) >= 11 is 0. The molecule has 0 aromatic heterocycles. The second-order valence-electron chi connectivity index (χ2n) is 22.2. The fourth-order valence-electron chi connectivity index (χ4n) is 10.2. The van der Waals surface area contributed by atoms with Gasteiger partial charge in [0.05, 0.1) is 32.0 Å². The van der Waals surface area contributed by atoms with E-state index in [4.69, 9.17) is 18.9 Å². The highest BCUT2D eigenvalue weighted by Gasteiger charge is 2.51. The number of unbranched alkanes of at least 4 members (excludes halogenated alkanes) is 31. The van der Waals surface area contributed by atoms with Crippen LogP contribution in [0.3, 0.4) is 0 Å². The van der Waals surface area contributed by atoms with Gasteiger partial charge in [0, 0.05) is 6.42 Å². The lowest BCUT2D eigenvalue weighted by molar-refractivity contribution is -0.359. The van der Waals surface area contributed by atoms with E-state index in [2.05, 4.69) is 55.6 Å². The van der Waals surface area contributed by atoms with Crippen molar-refractivity contribution in [3.8, 4) is 0 Å². The highest BCUT2D eigenvalue weighted by molar-refractivity contribution is 5.76. The molecule has 2 aliphatic rings. The molecule has 0 saturated carbocycles. The molecule has 2 saturated heterocycles. The molecule has 2 heterocycles. The minimum Gasteiger partial charge on any atom is -0.394 e. The van der Waals surface area contributed by atoms with Crippen LogP contribution >= 0.6 is 0 Å². The van der Waals surface area contributed by atoms with Crippen molar-refractivity contribution in [2.45, 2.75) is 325 Å². The van der Waals surface area contributed by atoms with Crippen LogP contribution < -0.4 is 5.32 Å². The maximum atomic E-state index is 13.3. The van der Waals surface area contributed by atoms with Gasteiger partial charge in [-0.05, 0) is 64.2 Å². The molecule has 9 N–H and O–H groups in total. The standard InChI is InChI=1S/C63H115NO13/c1-3-5-7-9-11-13-15-17-19-21-23-25-26-27-29-31-33-35-37-39-41-43-45-47-55(68)64-51(52(67)46-44-42-40-38-36-34-32-30-28-24-22-20-18-16-14-12-10-8-6-4-2)50-74-62-60(73)58(71)61(54(49-66)76-62)77-63-59(72)57(70)56(69)53(48-65)75-63/h15,17,21,23,36,38,44,46,51-54,56-63,65-67,69-73H,3-14,16,18-20,22,24-35,37,39-43,45,47-50H2,1-2H3,(H,64,68)/b17-15-,23-21-,38-36+,46-44+. The molecule has 0 radical (unpaired) electrons. The van der Waals surface area contributed by atoms with Crippen molar-refractivity contribution in [2.75, 3.05) is 19.8 Å². The monoisotopic (exact) mass is 1090 g/mol. The molecule has 0 spiro atoms. The van der Waals surface area contributed by atoms with E-state index in [-0.39, 0.29) is 18.9 Å². The molecule has 0 aromatic carbocycles. The number of ether oxygens (including phenoxy) is 4. The molecule has 12 atom stereocenters. The fourth-order valence-corrected chi connectivity index (χ4v) is 10.2. The largest absolute Gasteiger partial charge is 0.394 e. The Hall–Kier alpha value is -2.05. The Morgan fingerprint density at radius 3 is 1.35 bits per heavy atom. The van der Waals surface area contributed by atoms with Gasteiger partial charge < -0.3 is 65.1 Å². The van der Waals surface area contributed by atoms with Crippen molar-refractivity contribution in [2.24, 2.45) is 0 Å². The van der Waals surface area contributed by atoms with Crippen molar-refractivity contribution >= 4 is 5.91 Å². The number of aliphatic hydroxyl groups excluding tert-OH is 8. The minimum absolute atomic E-state index is 0.250. The van der Waals surface area contributed by atoms with Crippen LogP contribution in [0.15, 0.2) is 48.6 Å². The van der Waals surface area contributed by atoms with E-state index in [1.165, 1.54) is 180 Å². The van der Waals surface area contributed by atoms with Crippen LogP contribution in [0.4, 0.5) is 0 Å². The third-order valence-electron chi connectivity index (χ3n) is 15.2. The molecule has 77 heavy (non-hydrogen) atoms. The Bertz CT molecular complexity index is 1480. The second kappa shape index (κ2) is 48.6. The summed E-state index contributed by atoms with van der Waals surface area (Å²) in [4.78, 5) is 13.3. The summed E-state index contributed by atoms with van der Waals surface area (Å²) in [6.07, 6.45) is 44.3. The second-order valence-corrected chi connectivity index (χ2v) is 22.2. The van der Waals surface area contributed by atoms with Crippen molar-refractivity contribution < 1.29 is 64.6 Å². The molecule has 0 aliphatic carbocycles. The molecule has 2 aliphatic heterocycles. The Balaban J connectivity index is 1.76. The highest BCUT2D eigenvalue weighted by Crippen LogP contribution is 2.30. The van der Waals surface area contributed by atoms with Gasteiger partial charge in [0.2, 0.25) is 5.91 Å². The summed E-state index contributed by atoms with van der Waals surface area (Å²) in [6.45, 7) is 2.79. The lowest BCUT2D eigenvalue weighted by Gasteiger charge is -2.46. The number of nitrogens with one attached hydrogen (secondary N) is 1. The summed E-state index contributed by atoms with van der Waals surface area (Å²) in [6, 6.07) is -0.934. The first kappa shape index (κ1) is 71.1. The van der Waals surface area contributed by atoms with Crippen LogP contribution in [-0.4, -0.2) is 140 Å². The summed E-state index contributed by atoms with van der Waals surface area (Å²) in [5.74, 6) is -0.250. The zero-order valence-corrected chi connectivity index (χ0v) is 48.5. The summed E-state index contributed by atoms with van der Waals surface area (Å²) in [5, 5.41) is 87.2. The first-order chi connectivity index (χ1) is 37.6. The molecule has 14 heteroatoms. The van der Waals surface area contributed by atoms with Gasteiger partial charge in [-0.2, -0.15) is 0 Å². The van der Waals surface area contributed by atoms with E-state index in [1.807, 2.05) is 6.08 Å². The highest BCUT2D eigenvalue weighted by atomic mass is 16.7. The molecule has 1 amide bonds. The number of allylic oxidation sites excluding steroid dienone is 7. The maximum Gasteiger partial charge on any atom is 0.220 e. The van der Waals surface area contributed by atoms with E-state index in [9.17, 15) is 45.6 Å². The van der Waals surface area contributed by atoms with E-state index < -0.39 is 86.8 Å². The molecular weight excluding hydrogens is 979 g/mol. The number of aliphatic hydroxyl groups is 8. The zero-order valence-electron chi connectivity index (χ0n) is 48.5. The van der Waals surface area contributed by atoms with Crippen molar-refractivity contribution in [1.29, 1.82) is 0 Å². The number of carbonyl (C=O) groups is 1. The molecule has 14 nitrogen and oxygen atoms in total. The number of hydrogen-bond donors (Lipinski definition) is 9. The van der Waals surface area contributed by atoms with Gasteiger partial charge in [0.1, 0.15) is 48.8 Å². The van der Waals surface area contributed by atoms with Gasteiger partial charge in [0.25, 0.3) is 0 Å². The lowest BCUT2D eigenvalue weighted by Crippen LogP contribution is -2.65. The molecule has 0 bridgehead atoms. The smallest absolute Gasteiger partial charge is 0.220 e. The van der Waals surface area contributed by atoms with E-state index in [0.29, 0.717) is 12.8 Å². The quantitative estimate of drug-likeness (QED) is 0.0204. The number of amides is 1. The third-order valence-corrected chi connectivity index (χ3v) is 15.2. The predicted molar refractivity (Wildman–Crippen MR) is 309 cm³/mol. The van der Waals surface area contributed by atoms with Gasteiger partial charge in [-0.25, -0.2) is 0 Å². The lowest BCUT2D eigenvalue weighted by atomic mass is 9.97. The minimum atomic E-state index is -1.79. The topological polar surface area (TPSA) is 228 Å². The zero-order chi connectivity index (χ0) is 56.0. The Labute approximate surface area is 467 Å². The molecule has 2 fully saturated rings. The van der Waals surface area contributed by atoms with E-state index >= 15 is 0 Å². The molecular formula is C63H115NO13. The summed E-state index contributed by atoms with van der Waals surface area (Å²) in [5.41, 5.74) is 0. The Morgan fingerprint density at radius 1 is 0.468 bits per heavy atom. The molecule has 450 valence electrons. The van der Waals surface area contributed by atoms with Crippen LogP contribution in [0, 0.1) is 0 Å². The molecule has 0 aromatic rings. The van der Waals surface area contributed by atoms with Gasteiger partial charge >= 0.3 is 0 Å². The van der Waals surface area contributed by atoms with Crippen LogP contribution in [-0.2, 0) is 23.7 Å². The van der Waals surface area contributed by atoms with Gasteiger partial charge in [-0.3, -0.25) is 4.79 Å². The number of carbonyl (C=O) groups excluding carboxylic acids is 1. The first-order valence-electron chi connectivity index (χ1n) is 31.4. The Morgan fingerprint density at radius 2 is 0.870 bits per heavy atom. The normalized spacial score (nSPS) is 25.0. The van der Waals surface area contributed by atoms with Gasteiger partial charge in [-0.15, -0.1) is 0 Å².